The number of ether oxygens (including phenoxy) is 1. The van der Waals surface area contributed by atoms with Crippen LogP contribution in [-0.4, -0.2) is 16.4 Å². The van der Waals surface area contributed by atoms with Gasteiger partial charge in [0.1, 0.15) is 21.1 Å². The summed E-state index contributed by atoms with van der Waals surface area (Å²) in [5, 5.41) is 5.33. The van der Waals surface area contributed by atoms with E-state index in [0.717, 1.165) is 14.6 Å². The van der Waals surface area contributed by atoms with Crippen molar-refractivity contribution >= 4 is 33.5 Å². The summed E-state index contributed by atoms with van der Waals surface area (Å²) in [4.78, 5) is 0. The molecule has 114 valence electrons. The Kier molecular flexibility index (Phi) is 4.28. The Labute approximate surface area is 140 Å². The van der Waals surface area contributed by atoms with E-state index in [0.29, 0.717) is 6.61 Å². The molecule has 0 N–H and O–H groups in total. The maximum Gasteiger partial charge on any atom is 0.134 e. The first-order valence-electron chi connectivity index (χ1n) is 6.82. The van der Waals surface area contributed by atoms with E-state index in [9.17, 15) is 8.78 Å². The standard InChI is InChI=1S/C16H13F2IN2O/c1-2-22-10-7-13(17)12(14(18)8-10)9-21-15-6-4-3-5-11(15)16(19)20-21/h3-8H,2,9H2,1H3. The third-order valence-corrected chi connectivity index (χ3v) is 4.14. The first-order valence-corrected chi connectivity index (χ1v) is 7.89. The number of para-hydroxylation sites is 1. The zero-order valence-electron chi connectivity index (χ0n) is 11.8. The van der Waals surface area contributed by atoms with E-state index in [-0.39, 0.29) is 17.9 Å². The normalized spacial score (nSPS) is 11.1. The van der Waals surface area contributed by atoms with Crippen LogP contribution in [0.2, 0.25) is 0 Å². The lowest BCUT2D eigenvalue weighted by Gasteiger charge is -2.09. The van der Waals surface area contributed by atoms with Gasteiger partial charge < -0.3 is 4.74 Å². The van der Waals surface area contributed by atoms with Gasteiger partial charge in [-0.25, -0.2) is 8.78 Å². The predicted octanol–water partition coefficient (Wildman–Crippen LogP) is 4.37. The highest BCUT2D eigenvalue weighted by molar-refractivity contribution is 14.1. The average molecular weight is 414 g/mol. The average Bonchev–Trinajstić information content (AvgIpc) is 2.80. The summed E-state index contributed by atoms with van der Waals surface area (Å²) in [6.45, 7) is 2.16. The minimum Gasteiger partial charge on any atom is -0.494 e. The predicted molar refractivity (Wildman–Crippen MR) is 89.1 cm³/mol. The van der Waals surface area contributed by atoms with Crippen molar-refractivity contribution in [2.75, 3.05) is 6.61 Å². The summed E-state index contributed by atoms with van der Waals surface area (Å²) in [6, 6.07) is 10.0. The largest absolute Gasteiger partial charge is 0.494 e. The summed E-state index contributed by atoms with van der Waals surface area (Å²) in [6.07, 6.45) is 0. The smallest absolute Gasteiger partial charge is 0.134 e. The quantitative estimate of drug-likeness (QED) is 0.594. The lowest BCUT2D eigenvalue weighted by Crippen LogP contribution is -2.07. The Balaban J connectivity index is 2.02. The summed E-state index contributed by atoms with van der Waals surface area (Å²) >= 11 is 2.12. The van der Waals surface area contributed by atoms with Crippen molar-refractivity contribution in [2.45, 2.75) is 13.5 Å². The Morgan fingerprint density at radius 2 is 1.86 bits per heavy atom. The number of aromatic nitrogens is 2. The third-order valence-electron chi connectivity index (χ3n) is 3.35. The Morgan fingerprint density at radius 1 is 1.18 bits per heavy atom. The first kappa shape index (κ1) is 15.2. The molecule has 0 fully saturated rings. The van der Waals surface area contributed by atoms with Crippen LogP contribution in [0.15, 0.2) is 36.4 Å². The van der Waals surface area contributed by atoms with Gasteiger partial charge in [-0.2, -0.15) is 5.10 Å². The second kappa shape index (κ2) is 6.20. The van der Waals surface area contributed by atoms with Crippen LogP contribution in [0.25, 0.3) is 10.9 Å². The molecule has 22 heavy (non-hydrogen) atoms. The van der Waals surface area contributed by atoms with E-state index in [4.69, 9.17) is 4.74 Å². The van der Waals surface area contributed by atoms with Gasteiger partial charge in [-0.1, -0.05) is 18.2 Å². The molecule has 3 rings (SSSR count). The number of fused-ring (bicyclic) bond motifs is 1. The molecule has 2 aromatic carbocycles. The van der Waals surface area contributed by atoms with Gasteiger partial charge in [0.2, 0.25) is 0 Å². The zero-order chi connectivity index (χ0) is 15.7. The van der Waals surface area contributed by atoms with Crippen LogP contribution in [0.3, 0.4) is 0 Å². The van der Waals surface area contributed by atoms with Crippen molar-refractivity contribution < 1.29 is 13.5 Å². The van der Waals surface area contributed by atoms with Crippen LogP contribution in [0.5, 0.6) is 5.75 Å². The molecule has 0 saturated heterocycles. The van der Waals surface area contributed by atoms with E-state index >= 15 is 0 Å². The molecule has 0 atom stereocenters. The van der Waals surface area contributed by atoms with Crippen molar-refractivity contribution in [1.82, 2.24) is 9.78 Å². The van der Waals surface area contributed by atoms with E-state index in [2.05, 4.69) is 27.7 Å². The first-order chi connectivity index (χ1) is 10.6. The fourth-order valence-corrected chi connectivity index (χ4v) is 3.05. The van der Waals surface area contributed by atoms with Crippen molar-refractivity contribution in [3.63, 3.8) is 0 Å². The summed E-state index contributed by atoms with van der Waals surface area (Å²) < 4.78 is 35.9. The Morgan fingerprint density at radius 3 is 2.55 bits per heavy atom. The lowest BCUT2D eigenvalue weighted by molar-refractivity contribution is 0.335. The molecule has 0 amide bonds. The van der Waals surface area contributed by atoms with Gasteiger partial charge in [0.25, 0.3) is 0 Å². The van der Waals surface area contributed by atoms with Crippen molar-refractivity contribution in [3.05, 3.63) is 57.3 Å². The monoisotopic (exact) mass is 414 g/mol. The van der Waals surface area contributed by atoms with Gasteiger partial charge in [-0.15, -0.1) is 0 Å². The molecule has 0 bridgehead atoms. The highest BCUT2D eigenvalue weighted by Crippen LogP contribution is 2.25. The molecule has 0 aliphatic rings. The van der Waals surface area contributed by atoms with Gasteiger partial charge in [-0.3, -0.25) is 4.68 Å². The number of benzene rings is 2. The molecular formula is C16H13F2IN2O. The zero-order valence-corrected chi connectivity index (χ0v) is 14.0. The van der Waals surface area contributed by atoms with Crippen LogP contribution in [0.1, 0.15) is 12.5 Å². The molecular weight excluding hydrogens is 401 g/mol. The van der Waals surface area contributed by atoms with Crippen LogP contribution in [0, 0.1) is 15.3 Å². The van der Waals surface area contributed by atoms with Crippen LogP contribution in [-0.2, 0) is 6.54 Å². The minimum absolute atomic E-state index is 0.0203. The maximum absolute atomic E-state index is 14.2. The number of halogens is 3. The maximum atomic E-state index is 14.2. The Bertz CT molecular complexity index is 809. The van der Waals surface area contributed by atoms with Crippen molar-refractivity contribution in [2.24, 2.45) is 0 Å². The molecule has 1 heterocycles. The molecule has 0 saturated carbocycles. The van der Waals surface area contributed by atoms with Crippen LogP contribution < -0.4 is 4.74 Å². The van der Waals surface area contributed by atoms with Gasteiger partial charge in [-0.05, 0) is 35.6 Å². The van der Waals surface area contributed by atoms with Gasteiger partial charge in [0.05, 0.1) is 18.7 Å². The number of rotatable bonds is 4. The van der Waals surface area contributed by atoms with Gasteiger partial charge in [0, 0.05) is 23.1 Å². The molecule has 3 nitrogen and oxygen atoms in total. The molecule has 0 unspecified atom stereocenters. The summed E-state index contributed by atoms with van der Waals surface area (Å²) in [7, 11) is 0. The number of nitrogens with zero attached hydrogens (tertiary/aromatic N) is 2. The highest BCUT2D eigenvalue weighted by atomic mass is 127. The molecule has 6 heteroatoms. The molecule has 0 spiro atoms. The second-order valence-electron chi connectivity index (χ2n) is 4.76. The SMILES string of the molecule is CCOc1cc(F)c(Cn2nc(I)c3ccccc32)c(F)c1. The number of hydrogen-bond donors (Lipinski definition) is 0. The second-order valence-corrected chi connectivity index (χ2v) is 5.79. The van der Waals surface area contributed by atoms with E-state index in [1.807, 2.05) is 24.3 Å². The van der Waals surface area contributed by atoms with Crippen LogP contribution >= 0.6 is 22.6 Å². The van der Waals surface area contributed by atoms with Crippen molar-refractivity contribution in [3.8, 4) is 5.75 Å². The molecule has 3 aromatic rings. The fraction of sp³-hybridized carbons (Fsp3) is 0.188. The summed E-state index contributed by atoms with van der Waals surface area (Å²) in [5.74, 6) is -1.06. The highest BCUT2D eigenvalue weighted by Gasteiger charge is 2.15. The van der Waals surface area contributed by atoms with E-state index < -0.39 is 11.6 Å². The van der Waals surface area contributed by atoms with Crippen molar-refractivity contribution in [1.29, 1.82) is 0 Å². The van der Waals surface area contributed by atoms with Crippen LogP contribution in [0.4, 0.5) is 8.78 Å². The lowest BCUT2D eigenvalue weighted by atomic mass is 10.2. The fourth-order valence-electron chi connectivity index (χ4n) is 2.34. The minimum atomic E-state index is -0.627. The molecule has 0 radical (unpaired) electrons. The topological polar surface area (TPSA) is 27.1 Å². The van der Waals surface area contributed by atoms with E-state index in [1.165, 1.54) is 12.1 Å². The van der Waals surface area contributed by atoms with Gasteiger partial charge >= 0.3 is 0 Å². The van der Waals surface area contributed by atoms with E-state index in [1.54, 1.807) is 11.6 Å². The van der Waals surface area contributed by atoms with Gasteiger partial charge in [0.15, 0.2) is 0 Å². The third kappa shape index (κ3) is 2.79. The molecule has 0 aliphatic carbocycles. The number of hydrogen-bond acceptors (Lipinski definition) is 2. The Hall–Kier alpha value is -1.70. The molecule has 1 aromatic heterocycles. The summed E-state index contributed by atoms with van der Waals surface area (Å²) in [5.41, 5.74) is 0.827. The molecule has 0 aliphatic heterocycles.